The number of nitrogens with zero attached hydrogens (tertiary/aromatic N) is 3. The van der Waals surface area contributed by atoms with E-state index in [0.717, 1.165) is 30.4 Å². The molecule has 1 aromatic heterocycles. The van der Waals surface area contributed by atoms with E-state index in [1.165, 1.54) is 5.69 Å². The highest BCUT2D eigenvalue weighted by Gasteiger charge is 2.25. The first-order valence-corrected chi connectivity index (χ1v) is 7.57. The summed E-state index contributed by atoms with van der Waals surface area (Å²) in [6.07, 6.45) is 3.19. The van der Waals surface area contributed by atoms with E-state index < -0.39 is 0 Å². The highest BCUT2D eigenvalue weighted by Crippen LogP contribution is 2.31. The summed E-state index contributed by atoms with van der Waals surface area (Å²) in [5.74, 6) is 0. The first kappa shape index (κ1) is 15.3. The highest BCUT2D eigenvalue weighted by molar-refractivity contribution is 5.71. The van der Waals surface area contributed by atoms with Gasteiger partial charge in [-0.05, 0) is 39.2 Å². The van der Waals surface area contributed by atoms with Crippen LogP contribution in [0.3, 0.4) is 0 Å². The van der Waals surface area contributed by atoms with Crippen molar-refractivity contribution >= 4 is 0 Å². The topological polar surface area (TPSA) is 41.6 Å². The quantitative estimate of drug-likeness (QED) is 0.826. The lowest BCUT2D eigenvalue weighted by atomic mass is 9.99. The van der Waals surface area contributed by atoms with Crippen molar-refractivity contribution in [3.05, 3.63) is 41.7 Å². The zero-order valence-corrected chi connectivity index (χ0v) is 13.3. The van der Waals surface area contributed by atoms with Gasteiger partial charge in [-0.2, -0.15) is 10.4 Å². The summed E-state index contributed by atoms with van der Waals surface area (Å²) in [4.78, 5) is 0. The molecule has 0 bridgehead atoms. The maximum absolute atomic E-state index is 9.48. The van der Waals surface area contributed by atoms with Crippen molar-refractivity contribution in [2.75, 3.05) is 0 Å². The number of hydrogen-bond donors (Lipinski definition) is 0. The molecule has 2 aromatic rings. The third-order valence-electron chi connectivity index (χ3n) is 3.55. The molecule has 0 unspecified atom stereocenters. The molecule has 0 saturated carbocycles. The number of aromatic nitrogens is 2. The molecule has 1 heterocycles. The van der Waals surface area contributed by atoms with Gasteiger partial charge in [-0.25, -0.2) is 0 Å². The summed E-state index contributed by atoms with van der Waals surface area (Å²) in [6, 6.07) is 12.4. The number of unbranched alkanes of at least 4 members (excludes halogenated alkanes) is 1. The Morgan fingerprint density at radius 3 is 2.38 bits per heavy atom. The van der Waals surface area contributed by atoms with E-state index in [-0.39, 0.29) is 5.54 Å². The average molecular weight is 281 g/mol. The van der Waals surface area contributed by atoms with Gasteiger partial charge in [0.2, 0.25) is 0 Å². The molecule has 0 fully saturated rings. The van der Waals surface area contributed by atoms with E-state index in [1.54, 1.807) is 0 Å². The number of nitriles is 1. The molecule has 0 amide bonds. The van der Waals surface area contributed by atoms with Gasteiger partial charge in [-0.15, -0.1) is 0 Å². The van der Waals surface area contributed by atoms with Crippen LogP contribution in [-0.2, 0) is 12.0 Å². The van der Waals surface area contributed by atoms with Crippen molar-refractivity contribution in [1.29, 1.82) is 5.26 Å². The van der Waals surface area contributed by atoms with Crippen molar-refractivity contribution < 1.29 is 0 Å². The van der Waals surface area contributed by atoms with E-state index in [0.29, 0.717) is 5.69 Å². The van der Waals surface area contributed by atoms with Crippen LogP contribution in [-0.4, -0.2) is 9.78 Å². The molecule has 2 rings (SSSR count). The highest BCUT2D eigenvalue weighted by atomic mass is 15.3. The molecular formula is C18H23N3. The molecular weight excluding hydrogens is 258 g/mol. The average Bonchev–Trinajstić information content (AvgIpc) is 2.84. The van der Waals surface area contributed by atoms with Crippen LogP contribution < -0.4 is 0 Å². The lowest BCUT2D eigenvalue weighted by Crippen LogP contribution is -2.25. The Morgan fingerprint density at radius 2 is 1.86 bits per heavy atom. The lowest BCUT2D eigenvalue weighted by Gasteiger charge is -2.23. The van der Waals surface area contributed by atoms with Crippen LogP contribution >= 0.6 is 0 Å². The molecule has 0 spiro atoms. The Labute approximate surface area is 127 Å². The van der Waals surface area contributed by atoms with E-state index in [9.17, 15) is 5.26 Å². The summed E-state index contributed by atoms with van der Waals surface area (Å²) in [5, 5.41) is 14.1. The van der Waals surface area contributed by atoms with Gasteiger partial charge < -0.3 is 0 Å². The molecule has 0 aliphatic rings. The smallest absolute Gasteiger partial charge is 0.170 e. The second-order valence-electron chi connectivity index (χ2n) is 6.33. The largest absolute Gasteiger partial charge is 0.262 e. The van der Waals surface area contributed by atoms with Crippen LogP contribution in [0.2, 0.25) is 0 Å². The van der Waals surface area contributed by atoms with Gasteiger partial charge in [-0.3, -0.25) is 4.68 Å². The summed E-state index contributed by atoms with van der Waals surface area (Å²) in [6.45, 7) is 8.58. The third kappa shape index (κ3) is 3.16. The van der Waals surface area contributed by atoms with Crippen LogP contribution in [0.15, 0.2) is 30.3 Å². The molecule has 21 heavy (non-hydrogen) atoms. The molecule has 3 nitrogen and oxygen atoms in total. The van der Waals surface area contributed by atoms with E-state index in [4.69, 9.17) is 0 Å². The third-order valence-corrected chi connectivity index (χ3v) is 3.55. The summed E-state index contributed by atoms with van der Waals surface area (Å²) in [5.41, 5.74) is 3.66. The zero-order chi connectivity index (χ0) is 15.5. The first-order chi connectivity index (χ1) is 9.99. The molecule has 0 N–H and O–H groups in total. The van der Waals surface area contributed by atoms with E-state index >= 15 is 0 Å². The minimum atomic E-state index is -0.123. The Bertz CT molecular complexity index is 640. The normalized spacial score (nSPS) is 11.4. The first-order valence-electron chi connectivity index (χ1n) is 7.57. The maximum Gasteiger partial charge on any atom is 0.170 e. The monoisotopic (exact) mass is 281 g/mol. The van der Waals surface area contributed by atoms with Crippen LogP contribution in [0.5, 0.6) is 0 Å². The Hall–Kier alpha value is -2.08. The molecule has 0 aliphatic carbocycles. The fourth-order valence-electron chi connectivity index (χ4n) is 2.57. The van der Waals surface area contributed by atoms with Crippen molar-refractivity contribution in [2.24, 2.45) is 0 Å². The maximum atomic E-state index is 9.48. The SMILES string of the molecule is CCCCc1c(-c2ccccc2)c(C#N)nn1C(C)(C)C. The lowest BCUT2D eigenvalue weighted by molar-refractivity contribution is 0.342. The fraction of sp³-hybridized carbons (Fsp3) is 0.444. The van der Waals surface area contributed by atoms with Crippen LogP contribution in [0.4, 0.5) is 0 Å². The molecule has 0 saturated heterocycles. The number of rotatable bonds is 4. The number of hydrogen-bond acceptors (Lipinski definition) is 2. The Kier molecular flexibility index (Phi) is 4.47. The molecule has 0 atom stereocenters. The van der Waals surface area contributed by atoms with Gasteiger partial charge in [-0.1, -0.05) is 43.7 Å². The molecule has 0 radical (unpaired) electrons. The second kappa shape index (κ2) is 6.13. The van der Waals surface area contributed by atoms with Gasteiger partial charge in [0.1, 0.15) is 6.07 Å². The standard InChI is InChI=1S/C18H23N3/c1-5-6-12-16-17(14-10-8-7-9-11-14)15(13-19)20-21(16)18(2,3)4/h7-11H,5-6,12H2,1-4H3. The van der Waals surface area contributed by atoms with Crippen LogP contribution in [0, 0.1) is 11.3 Å². The summed E-state index contributed by atoms with van der Waals surface area (Å²) >= 11 is 0. The predicted molar refractivity (Wildman–Crippen MR) is 86.0 cm³/mol. The summed E-state index contributed by atoms with van der Waals surface area (Å²) < 4.78 is 2.03. The Balaban J connectivity index is 2.67. The minimum absolute atomic E-state index is 0.123. The second-order valence-corrected chi connectivity index (χ2v) is 6.33. The van der Waals surface area contributed by atoms with Gasteiger partial charge >= 0.3 is 0 Å². The van der Waals surface area contributed by atoms with E-state index in [2.05, 4.69) is 51.0 Å². The van der Waals surface area contributed by atoms with Gasteiger partial charge in [0, 0.05) is 11.3 Å². The van der Waals surface area contributed by atoms with Crippen LogP contribution in [0.1, 0.15) is 51.9 Å². The fourth-order valence-corrected chi connectivity index (χ4v) is 2.57. The van der Waals surface area contributed by atoms with Crippen LogP contribution in [0.25, 0.3) is 11.1 Å². The molecule has 110 valence electrons. The number of benzene rings is 1. The van der Waals surface area contributed by atoms with Gasteiger partial charge in [0.15, 0.2) is 5.69 Å². The van der Waals surface area contributed by atoms with Gasteiger partial charge in [0.05, 0.1) is 5.54 Å². The summed E-state index contributed by atoms with van der Waals surface area (Å²) in [7, 11) is 0. The molecule has 0 aliphatic heterocycles. The predicted octanol–water partition coefficient (Wildman–Crippen LogP) is 4.52. The minimum Gasteiger partial charge on any atom is -0.262 e. The Morgan fingerprint density at radius 1 is 1.19 bits per heavy atom. The van der Waals surface area contributed by atoms with Crippen molar-refractivity contribution in [2.45, 2.75) is 52.5 Å². The van der Waals surface area contributed by atoms with Crippen molar-refractivity contribution in [3.63, 3.8) is 0 Å². The molecule has 3 heteroatoms. The van der Waals surface area contributed by atoms with Gasteiger partial charge in [0.25, 0.3) is 0 Å². The van der Waals surface area contributed by atoms with Crippen molar-refractivity contribution in [3.8, 4) is 17.2 Å². The molecule has 1 aromatic carbocycles. The van der Waals surface area contributed by atoms with E-state index in [1.807, 2.05) is 22.9 Å². The zero-order valence-electron chi connectivity index (χ0n) is 13.3. The van der Waals surface area contributed by atoms with Crippen molar-refractivity contribution in [1.82, 2.24) is 9.78 Å².